The molecule has 0 atom stereocenters. The average molecular weight is 400 g/mol. The third-order valence-corrected chi connectivity index (χ3v) is 4.72. The summed E-state index contributed by atoms with van der Waals surface area (Å²) < 4.78 is 24.4. The number of para-hydroxylation sites is 1. The molecule has 0 radical (unpaired) electrons. The SMILES string of the molecule is COc1cccc2cc(/C=C/C(=O)NNC(=O)CSc3ccccc3F)oc12. The van der Waals surface area contributed by atoms with Crippen LogP contribution >= 0.6 is 11.8 Å². The average Bonchev–Trinajstić information content (AvgIpc) is 3.13. The Labute approximate surface area is 164 Å². The van der Waals surface area contributed by atoms with E-state index in [4.69, 9.17) is 9.15 Å². The molecule has 0 aliphatic rings. The van der Waals surface area contributed by atoms with Crippen LogP contribution in [0.1, 0.15) is 5.76 Å². The quantitative estimate of drug-likeness (QED) is 0.376. The summed E-state index contributed by atoms with van der Waals surface area (Å²) in [5.41, 5.74) is 5.12. The van der Waals surface area contributed by atoms with E-state index in [1.807, 2.05) is 12.1 Å². The van der Waals surface area contributed by atoms with Crippen LogP contribution in [0.2, 0.25) is 0 Å². The summed E-state index contributed by atoms with van der Waals surface area (Å²) in [6, 6.07) is 13.4. The van der Waals surface area contributed by atoms with Crippen molar-refractivity contribution in [2.45, 2.75) is 4.90 Å². The molecule has 0 unspecified atom stereocenters. The predicted molar refractivity (Wildman–Crippen MR) is 105 cm³/mol. The largest absolute Gasteiger partial charge is 0.493 e. The van der Waals surface area contributed by atoms with E-state index >= 15 is 0 Å². The first-order valence-corrected chi connectivity index (χ1v) is 9.26. The molecule has 2 aromatic carbocycles. The molecule has 1 aromatic heterocycles. The van der Waals surface area contributed by atoms with E-state index in [2.05, 4.69) is 10.9 Å². The maximum Gasteiger partial charge on any atom is 0.262 e. The fourth-order valence-corrected chi connectivity index (χ4v) is 3.11. The smallest absolute Gasteiger partial charge is 0.262 e. The van der Waals surface area contributed by atoms with E-state index in [-0.39, 0.29) is 5.75 Å². The van der Waals surface area contributed by atoms with Crippen LogP contribution < -0.4 is 15.6 Å². The zero-order valence-corrected chi connectivity index (χ0v) is 15.7. The number of carbonyl (C=O) groups is 2. The Hall–Kier alpha value is -3.26. The van der Waals surface area contributed by atoms with Gasteiger partial charge in [-0.15, -0.1) is 11.8 Å². The van der Waals surface area contributed by atoms with Gasteiger partial charge < -0.3 is 9.15 Å². The third kappa shape index (κ3) is 4.92. The monoisotopic (exact) mass is 400 g/mol. The first kappa shape index (κ1) is 19.5. The van der Waals surface area contributed by atoms with Gasteiger partial charge in [-0.3, -0.25) is 20.4 Å². The molecule has 6 nitrogen and oxygen atoms in total. The van der Waals surface area contributed by atoms with Crippen LogP contribution in [0.3, 0.4) is 0 Å². The van der Waals surface area contributed by atoms with Gasteiger partial charge >= 0.3 is 0 Å². The number of rotatable bonds is 6. The molecule has 0 fully saturated rings. The number of halogens is 1. The predicted octanol–water partition coefficient (Wildman–Crippen LogP) is 3.53. The van der Waals surface area contributed by atoms with Crippen molar-refractivity contribution in [3.8, 4) is 5.75 Å². The van der Waals surface area contributed by atoms with Crippen molar-refractivity contribution in [2.24, 2.45) is 0 Å². The molecule has 0 spiro atoms. The molecule has 144 valence electrons. The molecular formula is C20H17FN2O4S. The highest BCUT2D eigenvalue weighted by molar-refractivity contribution is 8.00. The molecule has 2 amide bonds. The van der Waals surface area contributed by atoms with Crippen LogP contribution in [0.5, 0.6) is 5.75 Å². The maximum atomic E-state index is 13.5. The van der Waals surface area contributed by atoms with Crippen molar-refractivity contribution in [1.82, 2.24) is 10.9 Å². The number of carbonyl (C=O) groups excluding carboxylic acids is 2. The summed E-state index contributed by atoms with van der Waals surface area (Å²) in [4.78, 5) is 24.0. The number of methoxy groups -OCH3 is 1. The summed E-state index contributed by atoms with van der Waals surface area (Å²) in [7, 11) is 1.55. The zero-order chi connectivity index (χ0) is 19.9. The summed E-state index contributed by atoms with van der Waals surface area (Å²) in [5.74, 6) is -0.346. The second-order valence-corrected chi connectivity index (χ2v) is 6.63. The number of hydrazine groups is 1. The molecule has 8 heteroatoms. The summed E-state index contributed by atoms with van der Waals surface area (Å²) in [5, 5.41) is 0.845. The standard InChI is InChI=1S/C20H17FN2O4S/c1-26-16-7-4-5-13-11-14(27-20(13)16)9-10-18(24)22-23-19(25)12-28-17-8-3-2-6-15(17)21/h2-11H,12H2,1H3,(H,22,24)(H,23,25)/b10-9+. The third-order valence-electron chi connectivity index (χ3n) is 3.67. The van der Waals surface area contributed by atoms with Crippen LogP contribution in [0, 0.1) is 5.82 Å². The summed E-state index contributed by atoms with van der Waals surface area (Å²) in [6.07, 6.45) is 2.71. The first-order valence-electron chi connectivity index (χ1n) is 8.27. The van der Waals surface area contributed by atoms with Crippen LogP contribution in [-0.4, -0.2) is 24.7 Å². The highest BCUT2D eigenvalue weighted by atomic mass is 32.2. The lowest BCUT2D eigenvalue weighted by atomic mass is 10.2. The van der Waals surface area contributed by atoms with Crippen LogP contribution in [0.25, 0.3) is 17.0 Å². The van der Waals surface area contributed by atoms with E-state index in [9.17, 15) is 14.0 Å². The Morgan fingerprint density at radius 3 is 2.79 bits per heavy atom. The van der Waals surface area contributed by atoms with Gasteiger partial charge in [0, 0.05) is 16.4 Å². The van der Waals surface area contributed by atoms with Gasteiger partial charge in [-0.2, -0.15) is 0 Å². The Balaban J connectivity index is 1.50. The fraction of sp³-hybridized carbons (Fsp3) is 0.100. The van der Waals surface area contributed by atoms with Gasteiger partial charge in [0.25, 0.3) is 5.91 Å². The molecule has 0 aliphatic carbocycles. The number of benzene rings is 2. The molecule has 28 heavy (non-hydrogen) atoms. The van der Waals surface area contributed by atoms with E-state index in [1.54, 1.807) is 37.4 Å². The number of furan rings is 1. The minimum Gasteiger partial charge on any atom is -0.493 e. The lowest BCUT2D eigenvalue weighted by Crippen LogP contribution is -2.41. The van der Waals surface area contributed by atoms with E-state index in [0.29, 0.717) is 22.0 Å². The van der Waals surface area contributed by atoms with Gasteiger partial charge in [0.2, 0.25) is 5.91 Å². The van der Waals surface area contributed by atoms with Gasteiger partial charge in [-0.1, -0.05) is 24.3 Å². The lowest BCUT2D eigenvalue weighted by Gasteiger charge is -2.05. The molecule has 0 saturated carbocycles. The second-order valence-electron chi connectivity index (χ2n) is 5.62. The van der Waals surface area contributed by atoms with Crippen molar-refractivity contribution in [3.05, 3.63) is 66.2 Å². The first-order chi connectivity index (χ1) is 13.6. The molecular weight excluding hydrogens is 383 g/mol. The minimum atomic E-state index is -0.531. The van der Waals surface area contributed by atoms with Gasteiger partial charge in [-0.25, -0.2) is 4.39 Å². The van der Waals surface area contributed by atoms with Gasteiger partial charge in [0.15, 0.2) is 11.3 Å². The number of fused-ring (bicyclic) bond motifs is 1. The van der Waals surface area contributed by atoms with Gasteiger partial charge in [-0.05, 0) is 30.3 Å². The molecule has 0 bridgehead atoms. The molecule has 2 N–H and O–H groups in total. The highest BCUT2D eigenvalue weighted by Gasteiger charge is 2.08. The van der Waals surface area contributed by atoms with E-state index in [1.165, 1.54) is 18.2 Å². The van der Waals surface area contributed by atoms with Crippen molar-refractivity contribution >= 4 is 40.6 Å². The number of ether oxygens (including phenoxy) is 1. The Morgan fingerprint density at radius 1 is 1.18 bits per heavy atom. The topological polar surface area (TPSA) is 80.6 Å². The van der Waals surface area contributed by atoms with Gasteiger partial charge in [0.1, 0.15) is 11.6 Å². The van der Waals surface area contributed by atoms with Crippen molar-refractivity contribution in [3.63, 3.8) is 0 Å². The summed E-state index contributed by atoms with van der Waals surface area (Å²) in [6.45, 7) is 0. The fourth-order valence-electron chi connectivity index (χ4n) is 2.37. The van der Waals surface area contributed by atoms with Crippen LogP contribution in [0.4, 0.5) is 4.39 Å². The zero-order valence-electron chi connectivity index (χ0n) is 14.9. The number of hydrogen-bond acceptors (Lipinski definition) is 5. The number of thioether (sulfide) groups is 1. The normalized spacial score (nSPS) is 10.9. The lowest BCUT2D eigenvalue weighted by molar-refractivity contribution is -0.125. The Morgan fingerprint density at radius 2 is 2.00 bits per heavy atom. The van der Waals surface area contributed by atoms with Gasteiger partial charge in [0.05, 0.1) is 12.9 Å². The maximum absolute atomic E-state index is 13.5. The Bertz CT molecular complexity index is 1030. The number of hydrogen-bond donors (Lipinski definition) is 2. The van der Waals surface area contributed by atoms with Crippen molar-refractivity contribution in [2.75, 3.05) is 12.9 Å². The highest BCUT2D eigenvalue weighted by Crippen LogP contribution is 2.28. The van der Waals surface area contributed by atoms with Crippen molar-refractivity contribution in [1.29, 1.82) is 0 Å². The number of nitrogens with one attached hydrogen (secondary N) is 2. The van der Waals surface area contributed by atoms with E-state index < -0.39 is 17.6 Å². The molecule has 0 saturated heterocycles. The molecule has 3 aromatic rings. The van der Waals surface area contributed by atoms with Crippen LogP contribution in [-0.2, 0) is 9.59 Å². The van der Waals surface area contributed by atoms with Crippen molar-refractivity contribution < 1.29 is 23.1 Å². The van der Waals surface area contributed by atoms with E-state index in [0.717, 1.165) is 17.1 Å². The molecule has 1 heterocycles. The minimum absolute atomic E-state index is 0.0334. The Kier molecular flexibility index (Phi) is 6.33. The van der Waals surface area contributed by atoms with Crippen LogP contribution in [0.15, 0.2) is 63.9 Å². The summed E-state index contributed by atoms with van der Waals surface area (Å²) >= 11 is 1.04. The second kappa shape index (κ2) is 9.09. The number of amides is 2. The molecule has 3 rings (SSSR count). The molecule has 0 aliphatic heterocycles.